The predicted octanol–water partition coefficient (Wildman–Crippen LogP) is 3.35. The van der Waals surface area contributed by atoms with Gasteiger partial charge in [0, 0.05) is 24.7 Å². The van der Waals surface area contributed by atoms with Gasteiger partial charge in [0.15, 0.2) is 6.29 Å². The molecule has 19 heavy (non-hydrogen) atoms. The Bertz CT molecular complexity index is 427. The van der Waals surface area contributed by atoms with E-state index in [-0.39, 0.29) is 0 Å². The van der Waals surface area contributed by atoms with E-state index in [9.17, 15) is 4.79 Å². The molecule has 0 aliphatic heterocycles. The second-order valence-corrected chi connectivity index (χ2v) is 4.39. The van der Waals surface area contributed by atoms with Crippen molar-refractivity contribution in [1.82, 2.24) is 4.90 Å². The van der Waals surface area contributed by atoms with Gasteiger partial charge in [-0.25, -0.2) is 4.79 Å². The van der Waals surface area contributed by atoms with E-state index in [4.69, 9.17) is 26.2 Å². The number of hydrogen-bond acceptors (Lipinski definition) is 3. The lowest BCUT2D eigenvalue weighted by molar-refractivity contribution is -0.190. The summed E-state index contributed by atoms with van der Waals surface area (Å²) < 4.78 is 10.9. The van der Waals surface area contributed by atoms with Crippen LogP contribution in [0.15, 0.2) is 24.3 Å². The minimum atomic E-state index is -1.05. The molecule has 0 unspecified atom stereocenters. The van der Waals surface area contributed by atoms with E-state index in [0.717, 1.165) is 4.90 Å². The second-order valence-electron chi connectivity index (χ2n) is 3.98. The molecule has 2 atom stereocenters. The highest BCUT2D eigenvalue weighted by molar-refractivity contribution is 6.31. The summed E-state index contributed by atoms with van der Waals surface area (Å²) in [6, 6.07) is 7.13. The Kier molecular flexibility index (Phi) is 6.08. The van der Waals surface area contributed by atoms with Crippen molar-refractivity contribution in [1.29, 1.82) is 0 Å². The first-order valence-corrected chi connectivity index (χ1v) is 6.27. The predicted molar refractivity (Wildman–Crippen MR) is 72.2 cm³/mol. The summed E-state index contributed by atoms with van der Waals surface area (Å²) in [6.07, 6.45) is -1.85. The summed E-state index contributed by atoms with van der Waals surface area (Å²) in [7, 11) is 2.94. The summed E-state index contributed by atoms with van der Waals surface area (Å²) in [5.74, 6) is 0. The average Bonchev–Trinajstić information content (AvgIpc) is 2.40. The van der Waals surface area contributed by atoms with Gasteiger partial charge in [0.2, 0.25) is 0 Å². The van der Waals surface area contributed by atoms with Crippen LogP contribution in [0.5, 0.6) is 0 Å². The molecule has 1 rings (SSSR count). The first-order chi connectivity index (χ1) is 9.01. The highest BCUT2D eigenvalue weighted by Crippen LogP contribution is 2.28. The van der Waals surface area contributed by atoms with Crippen molar-refractivity contribution in [3.05, 3.63) is 34.9 Å². The number of ether oxygens (including phenoxy) is 2. The number of benzene rings is 1. The Morgan fingerprint density at radius 1 is 1.47 bits per heavy atom. The summed E-state index contributed by atoms with van der Waals surface area (Å²) in [4.78, 5) is 12.1. The molecule has 106 valence electrons. The van der Waals surface area contributed by atoms with Crippen LogP contribution in [0, 0.1) is 0 Å². The molecule has 0 saturated carbocycles. The van der Waals surface area contributed by atoms with Crippen molar-refractivity contribution < 1.29 is 19.4 Å². The zero-order valence-electron chi connectivity index (χ0n) is 11.2. The van der Waals surface area contributed by atoms with Gasteiger partial charge in [-0.3, -0.25) is 4.90 Å². The van der Waals surface area contributed by atoms with Crippen molar-refractivity contribution in [3.8, 4) is 0 Å². The number of halogens is 1. The molecule has 0 heterocycles. The molecule has 0 spiro atoms. The molecule has 0 radical (unpaired) electrons. The Morgan fingerprint density at radius 2 is 2.11 bits per heavy atom. The molecule has 5 nitrogen and oxygen atoms in total. The van der Waals surface area contributed by atoms with Gasteiger partial charge < -0.3 is 14.6 Å². The van der Waals surface area contributed by atoms with E-state index in [1.165, 1.54) is 14.2 Å². The van der Waals surface area contributed by atoms with Gasteiger partial charge in [0.25, 0.3) is 0 Å². The molecular formula is C13H18ClNO4. The van der Waals surface area contributed by atoms with Gasteiger partial charge >= 0.3 is 6.09 Å². The minimum absolute atomic E-state index is 0.507. The number of carboxylic acid groups (broad SMARTS) is 1. The van der Waals surface area contributed by atoms with Crippen LogP contribution in [-0.2, 0) is 9.47 Å². The highest BCUT2D eigenvalue weighted by Gasteiger charge is 2.24. The summed E-state index contributed by atoms with van der Waals surface area (Å²) >= 11 is 6.08. The maximum Gasteiger partial charge on any atom is 0.409 e. The van der Waals surface area contributed by atoms with E-state index in [1.54, 1.807) is 18.2 Å². The van der Waals surface area contributed by atoms with Gasteiger partial charge in [0.05, 0.1) is 0 Å². The lowest BCUT2D eigenvalue weighted by atomic mass is 10.2. The molecule has 1 aromatic rings. The number of hydrogen-bond donors (Lipinski definition) is 1. The van der Waals surface area contributed by atoms with Gasteiger partial charge in [-0.15, -0.1) is 0 Å². The number of carbonyl (C=O) groups is 1. The topological polar surface area (TPSA) is 59.0 Å². The van der Waals surface area contributed by atoms with Crippen molar-refractivity contribution in [2.45, 2.75) is 25.9 Å². The van der Waals surface area contributed by atoms with Gasteiger partial charge in [-0.1, -0.05) is 36.7 Å². The molecule has 1 amide bonds. The van der Waals surface area contributed by atoms with Crippen molar-refractivity contribution >= 4 is 17.7 Å². The quantitative estimate of drug-likeness (QED) is 0.815. The largest absolute Gasteiger partial charge is 0.465 e. The van der Waals surface area contributed by atoms with Crippen LogP contribution in [0.25, 0.3) is 0 Å². The van der Waals surface area contributed by atoms with Crippen molar-refractivity contribution in [2.75, 3.05) is 14.2 Å². The second kappa shape index (κ2) is 7.33. The number of rotatable bonds is 6. The van der Waals surface area contributed by atoms with E-state index < -0.39 is 18.6 Å². The Labute approximate surface area is 117 Å². The molecule has 0 saturated heterocycles. The van der Waals surface area contributed by atoms with Gasteiger partial charge in [-0.05, 0) is 12.5 Å². The Hall–Kier alpha value is -1.30. The molecule has 6 heteroatoms. The minimum Gasteiger partial charge on any atom is -0.465 e. The maximum atomic E-state index is 11.0. The van der Waals surface area contributed by atoms with Crippen molar-refractivity contribution in [3.63, 3.8) is 0 Å². The third-order valence-electron chi connectivity index (χ3n) is 2.74. The Balaban J connectivity index is 2.87. The molecule has 1 N–H and O–H groups in total. The van der Waals surface area contributed by atoms with E-state index in [0.29, 0.717) is 17.0 Å². The molecule has 0 aromatic heterocycles. The molecule has 0 fully saturated rings. The standard InChI is InChI=1S/C13H18ClNO4/c1-4-11(15(2)13(16)17)19-12(18-3)9-7-5-6-8-10(9)14/h5-8,11-12H,4H2,1-3H3,(H,16,17)/t11-,12-/m1/s1. The van der Waals surface area contributed by atoms with Gasteiger partial charge in [-0.2, -0.15) is 0 Å². The SMILES string of the molecule is CC[C@@H](O[C@@H](OC)c1ccccc1Cl)N(C)C(=O)O. The van der Waals surface area contributed by atoms with Crippen LogP contribution >= 0.6 is 11.6 Å². The van der Waals surface area contributed by atoms with Crippen LogP contribution < -0.4 is 0 Å². The van der Waals surface area contributed by atoms with Crippen LogP contribution in [0.2, 0.25) is 5.02 Å². The zero-order chi connectivity index (χ0) is 14.4. The van der Waals surface area contributed by atoms with Crippen LogP contribution in [0.4, 0.5) is 4.79 Å². The molecule has 0 aliphatic rings. The fraction of sp³-hybridized carbons (Fsp3) is 0.462. The lowest BCUT2D eigenvalue weighted by Gasteiger charge is -2.29. The molecule has 0 bridgehead atoms. The number of amides is 1. The molecule has 1 aromatic carbocycles. The molecular weight excluding hydrogens is 270 g/mol. The van der Waals surface area contributed by atoms with Crippen molar-refractivity contribution in [2.24, 2.45) is 0 Å². The summed E-state index contributed by atoms with van der Waals surface area (Å²) in [5.41, 5.74) is 0.670. The first kappa shape index (κ1) is 15.8. The van der Waals surface area contributed by atoms with Crippen LogP contribution in [0.3, 0.4) is 0 Å². The number of methoxy groups -OCH3 is 1. The number of nitrogens with zero attached hydrogens (tertiary/aromatic N) is 1. The third-order valence-corrected chi connectivity index (χ3v) is 3.08. The monoisotopic (exact) mass is 287 g/mol. The fourth-order valence-corrected chi connectivity index (χ4v) is 1.87. The average molecular weight is 288 g/mol. The summed E-state index contributed by atoms with van der Waals surface area (Å²) in [6.45, 7) is 1.84. The van der Waals surface area contributed by atoms with E-state index >= 15 is 0 Å². The van der Waals surface area contributed by atoms with Gasteiger partial charge in [0.1, 0.15) is 6.23 Å². The lowest BCUT2D eigenvalue weighted by Crippen LogP contribution is -2.38. The first-order valence-electron chi connectivity index (χ1n) is 5.89. The zero-order valence-corrected chi connectivity index (χ0v) is 11.9. The fourth-order valence-electron chi connectivity index (χ4n) is 1.65. The van der Waals surface area contributed by atoms with E-state index in [1.807, 2.05) is 13.0 Å². The smallest absolute Gasteiger partial charge is 0.409 e. The van der Waals surface area contributed by atoms with E-state index in [2.05, 4.69) is 0 Å². The maximum absolute atomic E-state index is 11.0. The third kappa shape index (κ3) is 4.09. The van der Waals surface area contributed by atoms with Crippen LogP contribution in [0.1, 0.15) is 25.2 Å². The normalized spacial score (nSPS) is 13.9. The summed E-state index contributed by atoms with van der Waals surface area (Å²) in [5, 5.41) is 9.49. The highest BCUT2D eigenvalue weighted by atomic mass is 35.5. The Morgan fingerprint density at radius 3 is 2.58 bits per heavy atom. The molecule has 0 aliphatic carbocycles. The van der Waals surface area contributed by atoms with Crippen LogP contribution in [-0.4, -0.2) is 36.5 Å².